The third-order valence-corrected chi connectivity index (χ3v) is 9.54. The lowest BCUT2D eigenvalue weighted by Gasteiger charge is -2.34. The number of carbonyl (C=O) groups excluding carboxylic acids is 2. The molecule has 0 aromatic heterocycles. The lowest BCUT2D eigenvalue weighted by molar-refractivity contribution is -0.140. The van der Waals surface area contributed by atoms with E-state index < -0.39 is 28.5 Å². The van der Waals surface area contributed by atoms with Crippen LogP contribution < -0.4 is 9.62 Å². The lowest BCUT2D eigenvalue weighted by Crippen LogP contribution is -2.53. The molecule has 10 heteroatoms. The van der Waals surface area contributed by atoms with Crippen molar-refractivity contribution in [2.45, 2.75) is 37.2 Å². The zero-order chi connectivity index (χ0) is 30.8. The van der Waals surface area contributed by atoms with Crippen LogP contribution in [-0.4, -0.2) is 44.3 Å². The first-order valence-corrected chi connectivity index (χ1v) is 16.9. The molecule has 0 bridgehead atoms. The van der Waals surface area contributed by atoms with E-state index in [0.717, 1.165) is 26.3 Å². The van der Waals surface area contributed by atoms with E-state index in [1.165, 1.54) is 17.0 Å². The van der Waals surface area contributed by atoms with Gasteiger partial charge in [0.1, 0.15) is 12.6 Å². The molecule has 0 unspecified atom stereocenters. The van der Waals surface area contributed by atoms with E-state index >= 15 is 0 Å². The smallest absolute Gasteiger partial charge is 0.264 e. The van der Waals surface area contributed by atoms with Crippen molar-refractivity contribution in [3.05, 3.63) is 129 Å². The first-order chi connectivity index (χ1) is 20.7. The molecule has 43 heavy (non-hydrogen) atoms. The summed E-state index contributed by atoms with van der Waals surface area (Å²) in [6, 6.07) is 30.9. The molecular formula is C33H33Br2N3O4S. The number of anilines is 1. The first kappa shape index (κ1) is 32.4. The van der Waals surface area contributed by atoms with Crippen LogP contribution in [-0.2, 0) is 32.6 Å². The van der Waals surface area contributed by atoms with Crippen molar-refractivity contribution < 1.29 is 18.0 Å². The van der Waals surface area contributed by atoms with Crippen molar-refractivity contribution in [2.75, 3.05) is 17.4 Å². The van der Waals surface area contributed by atoms with Crippen LogP contribution in [0.2, 0.25) is 0 Å². The van der Waals surface area contributed by atoms with Crippen molar-refractivity contribution in [1.29, 1.82) is 0 Å². The molecule has 7 nitrogen and oxygen atoms in total. The predicted octanol–water partition coefficient (Wildman–Crippen LogP) is 6.57. The van der Waals surface area contributed by atoms with Gasteiger partial charge in [0.2, 0.25) is 11.8 Å². The van der Waals surface area contributed by atoms with Gasteiger partial charge in [0.05, 0.1) is 10.6 Å². The van der Waals surface area contributed by atoms with Crippen LogP contribution in [0.1, 0.15) is 24.5 Å². The summed E-state index contributed by atoms with van der Waals surface area (Å²) in [5.74, 6) is -0.805. The van der Waals surface area contributed by atoms with Crippen molar-refractivity contribution in [1.82, 2.24) is 10.2 Å². The Bertz CT molecular complexity index is 1640. The summed E-state index contributed by atoms with van der Waals surface area (Å²) in [7, 11) is -4.14. The number of carbonyl (C=O) groups is 2. The number of nitrogens with one attached hydrogen (secondary N) is 1. The van der Waals surface area contributed by atoms with Crippen LogP contribution >= 0.6 is 31.9 Å². The zero-order valence-electron chi connectivity index (χ0n) is 23.7. The molecule has 4 aromatic rings. The maximum atomic E-state index is 14.4. The van der Waals surface area contributed by atoms with Crippen molar-refractivity contribution >= 4 is 59.4 Å². The second-order valence-electron chi connectivity index (χ2n) is 9.95. The average Bonchev–Trinajstić information content (AvgIpc) is 3.01. The summed E-state index contributed by atoms with van der Waals surface area (Å²) in [6.07, 6.45) is 0.994. The largest absolute Gasteiger partial charge is 0.354 e. The highest BCUT2D eigenvalue weighted by Gasteiger charge is 2.34. The highest BCUT2D eigenvalue weighted by atomic mass is 79.9. The van der Waals surface area contributed by atoms with E-state index in [-0.39, 0.29) is 23.8 Å². The summed E-state index contributed by atoms with van der Waals surface area (Å²) in [5, 5.41) is 2.95. The summed E-state index contributed by atoms with van der Waals surface area (Å²) < 4.78 is 30.6. The molecule has 0 aliphatic heterocycles. The van der Waals surface area contributed by atoms with Crippen LogP contribution in [0.5, 0.6) is 0 Å². The maximum absolute atomic E-state index is 14.4. The fourth-order valence-corrected chi connectivity index (χ4v) is 6.89. The van der Waals surface area contributed by atoms with E-state index in [2.05, 4.69) is 37.2 Å². The van der Waals surface area contributed by atoms with E-state index in [1.54, 1.807) is 42.5 Å². The highest BCUT2D eigenvalue weighted by Crippen LogP contribution is 2.27. The van der Waals surface area contributed by atoms with E-state index in [1.807, 2.05) is 61.5 Å². The number of hydrogen-bond acceptors (Lipinski definition) is 4. The minimum atomic E-state index is -4.14. The van der Waals surface area contributed by atoms with Crippen LogP contribution in [0.4, 0.5) is 5.69 Å². The molecule has 0 saturated heterocycles. The van der Waals surface area contributed by atoms with E-state index in [4.69, 9.17) is 0 Å². The number of halogens is 2. The Morgan fingerprint density at radius 1 is 0.791 bits per heavy atom. The molecule has 0 heterocycles. The van der Waals surface area contributed by atoms with Crippen LogP contribution in [0.25, 0.3) is 0 Å². The van der Waals surface area contributed by atoms with Gasteiger partial charge >= 0.3 is 0 Å². The first-order valence-electron chi connectivity index (χ1n) is 13.9. The summed E-state index contributed by atoms with van der Waals surface area (Å²) >= 11 is 6.93. The second-order valence-corrected chi connectivity index (χ2v) is 13.6. The number of hydrogen-bond donors (Lipinski definition) is 1. The number of amides is 2. The molecule has 1 N–H and O–H groups in total. The quantitative estimate of drug-likeness (QED) is 0.169. The van der Waals surface area contributed by atoms with Crippen molar-refractivity contribution in [2.24, 2.45) is 0 Å². The Morgan fingerprint density at radius 2 is 1.40 bits per heavy atom. The number of nitrogens with zero attached hydrogens (tertiary/aromatic N) is 2. The molecule has 0 radical (unpaired) electrons. The van der Waals surface area contributed by atoms with Gasteiger partial charge in [-0.1, -0.05) is 106 Å². The molecule has 2 amide bonds. The van der Waals surface area contributed by atoms with E-state index in [0.29, 0.717) is 16.7 Å². The Labute approximate surface area is 270 Å². The normalized spacial score (nSPS) is 11.9. The molecule has 1 atom stereocenters. The van der Waals surface area contributed by atoms with Gasteiger partial charge in [0.25, 0.3) is 10.0 Å². The molecule has 0 spiro atoms. The standard InChI is InChI=1S/C33H33Br2N3O4S/c1-2-19-36-33(40)31(21-25-11-5-3-6-12-25)37(23-26-13-9-14-27(34)20-26)32(39)24-38(29-16-10-15-28(35)22-29)43(41,42)30-17-7-4-8-18-30/h3-18,20,22,31H,2,19,21,23-24H2,1H3,(H,36,40)/t31-/m1/s1. The molecular weight excluding hydrogens is 694 g/mol. The van der Waals surface area contributed by atoms with Gasteiger partial charge in [-0.05, 0) is 60.0 Å². The van der Waals surface area contributed by atoms with Gasteiger partial charge in [-0.3, -0.25) is 13.9 Å². The van der Waals surface area contributed by atoms with E-state index in [9.17, 15) is 18.0 Å². The fraction of sp³-hybridized carbons (Fsp3) is 0.212. The van der Waals surface area contributed by atoms with Gasteiger partial charge < -0.3 is 10.2 Å². The third-order valence-electron chi connectivity index (χ3n) is 6.77. The van der Waals surface area contributed by atoms with Gasteiger partial charge in [0, 0.05) is 28.5 Å². The molecule has 0 fully saturated rings. The molecule has 0 aliphatic rings. The molecule has 4 aromatic carbocycles. The van der Waals surface area contributed by atoms with Gasteiger partial charge in [-0.25, -0.2) is 8.42 Å². The Hall–Kier alpha value is -3.47. The summed E-state index contributed by atoms with van der Waals surface area (Å²) in [5.41, 5.74) is 2.00. The Morgan fingerprint density at radius 3 is 2.02 bits per heavy atom. The van der Waals surface area contributed by atoms with Crippen LogP contribution in [0.15, 0.2) is 123 Å². The maximum Gasteiger partial charge on any atom is 0.264 e. The molecule has 224 valence electrons. The Kier molecular flexibility index (Phi) is 11.6. The monoisotopic (exact) mass is 725 g/mol. The summed E-state index contributed by atoms with van der Waals surface area (Å²) in [6.45, 7) is 2.01. The summed E-state index contributed by atoms with van der Waals surface area (Å²) in [4.78, 5) is 29.6. The average molecular weight is 728 g/mol. The predicted molar refractivity (Wildman–Crippen MR) is 177 cm³/mol. The fourth-order valence-electron chi connectivity index (χ4n) is 4.63. The highest BCUT2D eigenvalue weighted by molar-refractivity contribution is 9.10. The number of rotatable bonds is 13. The minimum absolute atomic E-state index is 0.0582. The number of sulfonamides is 1. The third kappa shape index (κ3) is 8.78. The van der Waals surface area contributed by atoms with Gasteiger partial charge in [-0.15, -0.1) is 0 Å². The number of benzene rings is 4. The molecule has 4 rings (SSSR count). The van der Waals surface area contributed by atoms with Crippen LogP contribution in [0, 0.1) is 0 Å². The van der Waals surface area contributed by atoms with Crippen LogP contribution in [0.3, 0.4) is 0 Å². The second kappa shape index (κ2) is 15.3. The Balaban J connectivity index is 1.79. The van der Waals surface area contributed by atoms with Crippen molar-refractivity contribution in [3.63, 3.8) is 0 Å². The zero-order valence-corrected chi connectivity index (χ0v) is 27.7. The van der Waals surface area contributed by atoms with Crippen molar-refractivity contribution in [3.8, 4) is 0 Å². The lowest BCUT2D eigenvalue weighted by atomic mass is 10.0. The molecule has 0 saturated carbocycles. The van der Waals surface area contributed by atoms with Gasteiger partial charge in [0.15, 0.2) is 0 Å². The topological polar surface area (TPSA) is 86.8 Å². The SMILES string of the molecule is CCCNC(=O)[C@@H](Cc1ccccc1)N(Cc1cccc(Br)c1)C(=O)CN(c1cccc(Br)c1)S(=O)(=O)c1ccccc1. The molecule has 0 aliphatic carbocycles. The van der Waals surface area contributed by atoms with Gasteiger partial charge in [-0.2, -0.15) is 0 Å². The minimum Gasteiger partial charge on any atom is -0.354 e.